The first kappa shape index (κ1) is 16.5. The minimum Gasteiger partial charge on any atom is -0.391 e. The Labute approximate surface area is 142 Å². The molecule has 3 N–H and O–H groups in total. The summed E-state index contributed by atoms with van der Waals surface area (Å²) in [6, 6.07) is 9.24. The van der Waals surface area contributed by atoms with Crippen molar-refractivity contribution in [3.05, 3.63) is 53.7 Å². The first-order valence-corrected chi connectivity index (χ1v) is 9.08. The minimum atomic E-state index is -4.21. The monoisotopic (exact) mass is 363 g/mol. The van der Waals surface area contributed by atoms with Gasteiger partial charge in [0.25, 0.3) is 10.1 Å². The Kier molecular flexibility index (Phi) is 4.58. The van der Waals surface area contributed by atoms with Gasteiger partial charge in [-0.1, -0.05) is 11.3 Å². The number of thiazole rings is 1. The number of anilines is 2. The van der Waals surface area contributed by atoms with Crippen LogP contribution in [0.3, 0.4) is 0 Å². The van der Waals surface area contributed by atoms with Gasteiger partial charge in [0.05, 0.1) is 22.1 Å². The van der Waals surface area contributed by atoms with E-state index in [-0.39, 0.29) is 11.5 Å². The van der Waals surface area contributed by atoms with Crippen LogP contribution in [0, 0.1) is 0 Å². The second kappa shape index (κ2) is 6.65. The smallest absolute Gasteiger partial charge is 0.294 e. The Morgan fingerprint density at radius 1 is 1.08 bits per heavy atom. The van der Waals surface area contributed by atoms with Gasteiger partial charge in [-0.2, -0.15) is 8.42 Å². The molecule has 0 aliphatic carbocycles. The minimum absolute atomic E-state index is 0.140. The SMILES string of the molecule is O=S(=O)(O)c1ccc(Nc2nc(-c3ccncc3)c(CO)s2)cc1. The number of aliphatic hydroxyl groups is 1. The van der Waals surface area contributed by atoms with Crippen molar-refractivity contribution >= 4 is 32.3 Å². The van der Waals surface area contributed by atoms with Crippen LogP contribution in [0.2, 0.25) is 0 Å². The molecule has 124 valence electrons. The zero-order chi connectivity index (χ0) is 17.2. The second-order valence-corrected chi connectivity index (χ2v) is 7.31. The van der Waals surface area contributed by atoms with Crippen LogP contribution in [0.15, 0.2) is 53.7 Å². The van der Waals surface area contributed by atoms with Gasteiger partial charge in [-0.3, -0.25) is 9.54 Å². The van der Waals surface area contributed by atoms with Crippen LogP contribution in [-0.2, 0) is 16.7 Å². The van der Waals surface area contributed by atoms with Gasteiger partial charge in [0.1, 0.15) is 0 Å². The van der Waals surface area contributed by atoms with Crippen LogP contribution >= 0.6 is 11.3 Å². The Balaban J connectivity index is 1.87. The van der Waals surface area contributed by atoms with Crippen LogP contribution in [0.4, 0.5) is 10.8 Å². The van der Waals surface area contributed by atoms with Gasteiger partial charge in [0.15, 0.2) is 5.13 Å². The van der Waals surface area contributed by atoms with Crippen molar-refractivity contribution in [1.29, 1.82) is 0 Å². The van der Waals surface area contributed by atoms with Crippen molar-refractivity contribution in [2.75, 3.05) is 5.32 Å². The summed E-state index contributed by atoms with van der Waals surface area (Å²) in [4.78, 5) is 8.95. The molecule has 2 heterocycles. The number of rotatable bonds is 5. The predicted molar refractivity (Wildman–Crippen MR) is 90.8 cm³/mol. The highest BCUT2D eigenvalue weighted by Gasteiger charge is 2.13. The van der Waals surface area contributed by atoms with Crippen molar-refractivity contribution in [2.24, 2.45) is 0 Å². The number of nitrogens with one attached hydrogen (secondary N) is 1. The molecule has 9 heteroatoms. The van der Waals surface area contributed by atoms with E-state index >= 15 is 0 Å². The lowest BCUT2D eigenvalue weighted by Crippen LogP contribution is -1.98. The number of hydrogen-bond acceptors (Lipinski definition) is 7. The Morgan fingerprint density at radius 2 is 1.75 bits per heavy atom. The maximum Gasteiger partial charge on any atom is 0.294 e. The van der Waals surface area contributed by atoms with Gasteiger partial charge >= 0.3 is 0 Å². The molecule has 24 heavy (non-hydrogen) atoms. The van der Waals surface area contributed by atoms with Crippen LogP contribution in [0.1, 0.15) is 4.88 Å². The molecular formula is C15H13N3O4S2. The van der Waals surface area contributed by atoms with Crippen molar-refractivity contribution < 1.29 is 18.1 Å². The summed E-state index contributed by atoms with van der Waals surface area (Å²) in [5.74, 6) is 0. The van der Waals surface area contributed by atoms with Gasteiger partial charge in [-0.15, -0.1) is 0 Å². The van der Waals surface area contributed by atoms with Crippen LogP contribution in [0.5, 0.6) is 0 Å². The number of pyridine rings is 1. The Bertz CT molecular complexity index is 939. The maximum absolute atomic E-state index is 11.0. The first-order valence-electron chi connectivity index (χ1n) is 6.83. The number of benzene rings is 1. The van der Waals surface area contributed by atoms with E-state index in [1.165, 1.54) is 35.6 Å². The van der Waals surface area contributed by atoms with Crippen molar-refractivity contribution in [3.8, 4) is 11.3 Å². The maximum atomic E-state index is 11.0. The van der Waals surface area contributed by atoms with Gasteiger partial charge < -0.3 is 10.4 Å². The van der Waals surface area contributed by atoms with Crippen LogP contribution in [-0.4, -0.2) is 28.0 Å². The number of hydrogen-bond donors (Lipinski definition) is 3. The third-order valence-electron chi connectivity index (χ3n) is 3.20. The highest BCUT2D eigenvalue weighted by Crippen LogP contribution is 2.32. The number of aliphatic hydroxyl groups excluding tert-OH is 1. The molecule has 7 nitrogen and oxygen atoms in total. The molecule has 0 atom stereocenters. The number of nitrogens with zero attached hydrogens (tertiary/aromatic N) is 2. The quantitative estimate of drug-likeness (QED) is 0.597. The molecule has 0 saturated heterocycles. The molecule has 3 aromatic rings. The van der Waals surface area contributed by atoms with E-state index in [9.17, 15) is 13.5 Å². The summed E-state index contributed by atoms with van der Waals surface area (Å²) >= 11 is 1.30. The molecule has 0 bridgehead atoms. The standard InChI is InChI=1S/C15H13N3O4S2/c19-9-13-14(10-5-7-16-8-6-10)18-15(23-13)17-11-1-3-12(4-2-11)24(20,21)22/h1-8,19H,9H2,(H,17,18)(H,20,21,22). The van der Waals surface area contributed by atoms with Gasteiger partial charge in [0.2, 0.25) is 0 Å². The predicted octanol–water partition coefficient (Wildman–Crippen LogP) is 2.69. The molecule has 1 aromatic carbocycles. The van der Waals surface area contributed by atoms with Crippen molar-refractivity contribution in [1.82, 2.24) is 9.97 Å². The fourth-order valence-electron chi connectivity index (χ4n) is 2.08. The summed E-state index contributed by atoms with van der Waals surface area (Å²) in [6.07, 6.45) is 3.30. The summed E-state index contributed by atoms with van der Waals surface area (Å²) in [5.41, 5.74) is 2.13. The van der Waals surface area contributed by atoms with Crippen molar-refractivity contribution in [3.63, 3.8) is 0 Å². The fourth-order valence-corrected chi connectivity index (χ4v) is 3.43. The lowest BCUT2D eigenvalue weighted by atomic mass is 10.2. The van der Waals surface area contributed by atoms with Gasteiger partial charge in [0, 0.05) is 23.6 Å². The van der Waals surface area contributed by atoms with E-state index in [0.717, 1.165) is 5.56 Å². The van der Waals surface area contributed by atoms with E-state index < -0.39 is 10.1 Å². The molecule has 0 fully saturated rings. The van der Waals surface area contributed by atoms with E-state index in [1.54, 1.807) is 24.5 Å². The second-order valence-electron chi connectivity index (χ2n) is 4.81. The number of aromatic nitrogens is 2. The molecule has 0 radical (unpaired) electrons. The average molecular weight is 363 g/mol. The lowest BCUT2D eigenvalue weighted by molar-refractivity contribution is 0.286. The van der Waals surface area contributed by atoms with E-state index in [2.05, 4.69) is 15.3 Å². The van der Waals surface area contributed by atoms with E-state index in [1.807, 2.05) is 0 Å². The van der Waals surface area contributed by atoms with E-state index in [4.69, 9.17) is 4.55 Å². The molecule has 3 rings (SSSR count). The topological polar surface area (TPSA) is 112 Å². The van der Waals surface area contributed by atoms with Gasteiger partial charge in [-0.05, 0) is 36.4 Å². The molecule has 0 aliphatic rings. The zero-order valence-electron chi connectivity index (χ0n) is 12.2. The first-order chi connectivity index (χ1) is 11.5. The third kappa shape index (κ3) is 3.60. The summed E-state index contributed by atoms with van der Waals surface area (Å²) in [6.45, 7) is -0.140. The highest BCUT2D eigenvalue weighted by atomic mass is 32.2. The molecule has 0 amide bonds. The van der Waals surface area contributed by atoms with Crippen LogP contribution in [0.25, 0.3) is 11.3 Å². The zero-order valence-corrected chi connectivity index (χ0v) is 13.9. The highest BCUT2D eigenvalue weighted by molar-refractivity contribution is 7.85. The fraction of sp³-hybridized carbons (Fsp3) is 0.0667. The summed E-state index contributed by atoms with van der Waals surface area (Å²) in [7, 11) is -4.21. The molecule has 2 aromatic heterocycles. The summed E-state index contributed by atoms with van der Waals surface area (Å²) < 4.78 is 31.1. The average Bonchev–Trinajstić information content (AvgIpc) is 2.98. The van der Waals surface area contributed by atoms with E-state index in [0.29, 0.717) is 21.4 Å². The molecule has 0 unspecified atom stereocenters. The summed E-state index contributed by atoms with van der Waals surface area (Å²) in [5, 5.41) is 13.1. The third-order valence-corrected chi connectivity index (χ3v) is 5.02. The molecule has 0 aliphatic heterocycles. The Morgan fingerprint density at radius 3 is 2.33 bits per heavy atom. The lowest BCUT2D eigenvalue weighted by Gasteiger charge is -2.03. The largest absolute Gasteiger partial charge is 0.391 e. The Hall–Kier alpha value is -2.33. The van der Waals surface area contributed by atoms with Gasteiger partial charge in [-0.25, -0.2) is 4.98 Å². The molecular weight excluding hydrogens is 350 g/mol. The molecule has 0 spiro atoms. The molecule has 0 saturated carbocycles. The van der Waals surface area contributed by atoms with Crippen molar-refractivity contribution in [2.45, 2.75) is 11.5 Å². The van der Waals surface area contributed by atoms with Crippen LogP contribution < -0.4 is 5.32 Å². The normalized spacial score (nSPS) is 11.4.